The monoisotopic (exact) mass is 322 g/mol. The van der Waals surface area contributed by atoms with Gasteiger partial charge in [0.25, 0.3) is 0 Å². The molecule has 0 radical (unpaired) electrons. The molecular formula is C19H22N4O. The first-order chi connectivity index (χ1) is 11.3. The number of hydrogen-bond acceptors (Lipinski definition) is 4. The maximum Gasteiger partial charge on any atom is 0.224 e. The largest absolute Gasteiger partial charge is 0.439 e. The molecular weight excluding hydrogens is 300 g/mol. The van der Waals surface area contributed by atoms with Gasteiger partial charge in [0.05, 0.1) is 5.69 Å². The molecule has 1 aromatic carbocycles. The summed E-state index contributed by atoms with van der Waals surface area (Å²) in [6.45, 7) is 10.5. The molecule has 0 fully saturated rings. The van der Waals surface area contributed by atoms with E-state index in [9.17, 15) is 0 Å². The zero-order chi connectivity index (χ0) is 17.3. The van der Waals surface area contributed by atoms with Crippen LogP contribution in [0.15, 0.2) is 42.7 Å². The van der Waals surface area contributed by atoms with Crippen molar-refractivity contribution in [3.05, 3.63) is 59.7 Å². The third-order valence-corrected chi connectivity index (χ3v) is 3.80. The standard InChI is InChI=1S/C19H22N4O/c1-13-10-14(2)23(22-13)17-11-18(21-12-20-17)24-16-8-6-15(7-9-16)19(3,4)5/h6-12H,1-5H3. The molecule has 0 saturated carbocycles. The van der Waals surface area contributed by atoms with Crippen molar-refractivity contribution in [2.24, 2.45) is 0 Å². The van der Waals surface area contributed by atoms with E-state index in [1.54, 1.807) is 10.7 Å². The first-order valence-corrected chi connectivity index (χ1v) is 7.97. The van der Waals surface area contributed by atoms with Gasteiger partial charge in [-0.15, -0.1) is 0 Å². The quantitative estimate of drug-likeness (QED) is 0.718. The Morgan fingerprint density at radius 3 is 2.25 bits per heavy atom. The van der Waals surface area contributed by atoms with Gasteiger partial charge in [-0.1, -0.05) is 32.9 Å². The minimum atomic E-state index is 0.121. The Hall–Kier alpha value is -2.69. The fourth-order valence-electron chi connectivity index (χ4n) is 2.51. The molecule has 0 aliphatic carbocycles. The molecule has 0 aliphatic rings. The van der Waals surface area contributed by atoms with Crippen LogP contribution in [0.25, 0.3) is 5.82 Å². The van der Waals surface area contributed by atoms with E-state index in [2.05, 4.69) is 48.0 Å². The number of ether oxygens (including phenoxy) is 1. The number of benzene rings is 1. The third-order valence-electron chi connectivity index (χ3n) is 3.80. The molecule has 3 aromatic rings. The lowest BCUT2D eigenvalue weighted by Crippen LogP contribution is -2.10. The predicted octanol–water partition coefficient (Wildman–Crippen LogP) is 4.37. The van der Waals surface area contributed by atoms with Crippen molar-refractivity contribution in [1.82, 2.24) is 19.7 Å². The van der Waals surface area contributed by atoms with Crippen LogP contribution in [-0.2, 0) is 5.41 Å². The van der Waals surface area contributed by atoms with Crippen molar-refractivity contribution in [3.8, 4) is 17.4 Å². The highest BCUT2D eigenvalue weighted by molar-refractivity contribution is 5.35. The van der Waals surface area contributed by atoms with E-state index in [1.807, 2.05) is 32.0 Å². The van der Waals surface area contributed by atoms with Crippen LogP contribution in [0.2, 0.25) is 0 Å². The number of aromatic nitrogens is 4. The SMILES string of the molecule is Cc1cc(C)n(-c2cc(Oc3ccc(C(C)(C)C)cc3)ncn2)n1. The summed E-state index contributed by atoms with van der Waals surface area (Å²) in [6, 6.07) is 11.9. The summed E-state index contributed by atoms with van der Waals surface area (Å²) >= 11 is 0. The molecule has 3 rings (SSSR count). The molecule has 0 atom stereocenters. The number of aryl methyl sites for hydroxylation is 2. The molecule has 0 N–H and O–H groups in total. The highest BCUT2D eigenvalue weighted by Gasteiger charge is 2.13. The molecule has 0 spiro atoms. The molecule has 0 unspecified atom stereocenters. The molecule has 0 aliphatic heterocycles. The van der Waals surface area contributed by atoms with Crippen LogP contribution in [0.1, 0.15) is 37.7 Å². The van der Waals surface area contributed by atoms with E-state index in [0.29, 0.717) is 11.7 Å². The van der Waals surface area contributed by atoms with Crippen molar-refractivity contribution in [2.75, 3.05) is 0 Å². The second kappa shape index (κ2) is 6.07. The molecule has 0 saturated heterocycles. The van der Waals surface area contributed by atoms with Crippen molar-refractivity contribution in [1.29, 1.82) is 0 Å². The zero-order valence-corrected chi connectivity index (χ0v) is 14.7. The predicted molar refractivity (Wildman–Crippen MR) is 93.8 cm³/mol. The van der Waals surface area contributed by atoms with Gasteiger partial charge in [-0.05, 0) is 43.0 Å². The van der Waals surface area contributed by atoms with E-state index < -0.39 is 0 Å². The van der Waals surface area contributed by atoms with Gasteiger partial charge in [0, 0.05) is 11.8 Å². The average molecular weight is 322 g/mol. The second-order valence-corrected chi connectivity index (χ2v) is 6.93. The summed E-state index contributed by atoms with van der Waals surface area (Å²) in [6.07, 6.45) is 1.49. The highest BCUT2D eigenvalue weighted by atomic mass is 16.5. The van der Waals surface area contributed by atoms with E-state index >= 15 is 0 Å². The smallest absolute Gasteiger partial charge is 0.224 e. The van der Waals surface area contributed by atoms with Crippen LogP contribution in [0.5, 0.6) is 11.6 Å². The molecule has 5 heteroatoms. The Bertz CT molecular complexity index is 845. The van der Waals surface area contributed by atoms with Crippen LogP contribution in [0.4, 0.5) is 0 Å². The fraction of sp³-hybridized carbons (Fsp3) is 0.316. The van der Waals surface area contributed by atoms with Crippen LogP contribution in [-0.4, -0.2) is 19.7 Å². The summed E-state index contributed by atoms with van der Waals surface area (Å²) in [5.41, 5.74) is 3.36. The molecule has 124 valence electrons. The Morgan fingerprint density at radius 2 is 1.67 bits per heavy atom. The highest BCUT2D eigenvalue weighted by Crippen LogP contribution is 2.26. The average Bonchev–Trinajstić information content (AvgIpc) is 2.86. The number of nitrogens with zero attached hydrogens (tertiary/aromatic N) is 4. The van der Waals surface area contributed by atoms with Gasteiger partial charge in [0.2, 0.25) is 5.88 Å². The van der Waals surface area contributed by atoms with Crippen molar-refractivity contribution >= 4 is 0 Å². The topological polar surface area (TPSA) is 52.8 Å². The Morgan fingerprint density at radius 1 is 0.958 bits per heavy atom. The zero-order valence-electron chi connectivity index (χ0n) is 14.7. The second-order valence-electron chi connectivity index (χ2n) is 6.93. The first kappa shape index (κ1) is 16.2. The lowest BCUT2D eigenvalue weighted by atomic mass is 9.87. The molecule has 2 aromatic heterocycles. The van der Waals surface area contributed by atoms with Gasteiger partial charge < -0.3 is 4.74 Å². The summed E-state index contributed by atoms with van der Waals surface area (Å²) in [4.78, 5) is 8.47. The molecule has 5 nitrogen and oxygen atoms in total. The summed E-state index contributed by atoms with van der Waals surface area (Å²) in [5, 5.41) is 4.44. The van der Waals surface area contributed by atoms with Gasteiger partial charge in [0.1, 0.15) is 12.1 Å². The minimum Gasteiger partial charge on any atom is -0.439 e. The molecule has 0 amide bonds. The minimum absolute atomic E-state index is 0.121. The van der Waals surface area contributed by atoms with E-state index in [4.69, 9.17) is 4.74 Å². The molecule has 0 bridgehead atoms. The molecule has 2 heterocycles. The molecule has 24 heavy (non-hydrogen) atoms. The van der Waals surface area contributed by atoms with Crippen LogP contribution in [0.3, 0.4) is 0 Å². The first-order valence-electron chi connectivity index (χ1n) is 7.97. The number of rotatable bonds is 3. The van der Waals surface area contributed by atoms with Gasteiger partial charge in [-0.25, -0.2) is 14.6 Å². The van der Waals surface area contributed by atoms with Crippen molar-refractivity contribution in [3.63, 3.8) is 0 Å². The van der Waals surface area contributed by atoms with Crippen LogP contribution in [0, 0.1) is 13.8 Å². The Kier molecular flexibility index (Phi) is 4.09. The Labute approximate surface area is 142 Å². The summed E-state index contributed by atoms with van der Waals surface area (Å²) in [5.74, 6) is 1.94. The summed E-state index contributed by atoms with van der Waals surface area (Å²) < 4.78 is 7.65. The van der Waals surface area contributed by atoms with Gasteiger partial charge in [-0.2, -0.15) is 5.10 Å². The lowest BCUT2D eigenvalue weighted by molar-refractivity contribution is 0.459. The van der Waals surface area contributed by atoms with Gasteiger partial charge >= 0.3 is 0 Å². The lowest BCUT2D eigenvalue weighted by Gasteiger charge is -2.19. The maximum atomic E-state index is 5.86. The summed E-state index contributed by atoms with van der Waals surface area (Å²) in [7, 11) is 0. The van der Waals surface area contributed by atoms with E-state index in [0.717, 1.165) is 17.1 Å². The van der Waals surface area contributed by atoms with Crippen molar-refractivity contribution in [2.45, 2.75) is 40.0 Å². The third kappa shape index (κ3) is 3.45. The van der Waals surface area contributed by atoms with E-state index in [-0.39, 0.29) is 5.41 Å². The fourth-order valence-corrected chi connectivity index (χ4v) is 2.51. The maximum absolute atomic E-state index is 5.86. The van der Waals surface area contributed by atoms with Crippen LogP contribution < -0.4 is 4.74 Å². The Balaban J connectivity index is 1.84. The van der Waals surface area contributed by atoms with Gasteiger partial charge in [0.15, 0.2) is 5.82 Å². The van der Waals surface area contributed by atoms with Crippen LogP contribution >= 0.6 is 0 Å². The number of hydrogen-bond donors (Lipinski definition) is 0. The van der Waals surface area contributed by atoms with Gasteiger partial charge in [-0.3, -0.25) is 0 Å². The normalized spacial score (nSPS) is 11.5. The van der Waals surface area contributed by atoms with E-state index in [1.165, 1.54) is 11.9 Å². The van der Waals surface area contributed by atoms with Crippen molar-refractivity contribution < 1.29 is 4.74 Å².